The number of rotatable bonds is 7. The highest BCUT2D eigenvalue weighted by atomic mass is 35.5. The average molecular weight is 663 g/mol. The number of carboxylic acids is 1. The first-order valence-electron chi connectivity index (χ1n) is 12.5. The van der Waals surface area contributed by atoms with E-state index >= 15 is 0 Å². The number of aromatic nitrogens is 5. The van der Waals surface area contributed by atoms with Crippen LogP contribution in [0.4, 0.5) is 24.8 Å². The molecule has 43 heavy (non-hydrogen) atoms. The van der Waals surface area contributed by atoms with Gasteiger partial charge in [0.15, 0.2) is 9.84 Å². The molecule has 0 atom stereocenters. The summed E-state index contributed by atoms with van der Waals surface area (Å²) in [6.07, 6.45) is -1.55. The number of aliphatic carboxylic acids is 1. The molecule has 1 aromatic carbocycles. The second-order valence-electron chi connectivity index (χ2n) is 9.58. The maximum absolute atomic E-state index is 13.4. The van der Waals surface area contributed by atoms with E-state index < -0.39 is 38.4 Å². The minimum Gasteiger partial charge on any atom is -0.475 e. The van der Waals surface area contributed by atoms with Gasteiger partial charge < -0.3 is 14.8 Å². The van der Waals surface area contributed by atoms with Crippen LogP contribution in [-0.4, -0.2) is 56.3 Å². The second kappa shape index (κ2) is 12.8. The molecule has 0 aliphatic heterocycles. The average Bonchev–Trinajstić information content (AvgIpc) is 3.62. The van der Waals surface area contributed by atoms with Gasteiger partial charge in [-0.1, -0.05) is 35.3 Å². The molecule has 3 heterocycles. The number of sulfone groups is 1. The molecule has 3 aromatic heterocycles. The highest BCUT2D eigenvalue weighted by molar-refractivity contribution is 7.92. The van der Waals surface area contributed by atoms with Gasteiger partial charge in [0.25, 0.3) is 0 Å². The smallest absolute Gasteiger partial charge is 0.475 e. The number of alkyl halides is 3. The lowest BCUT2D eigenvalue weighted by Crippen LogP contribution is -2.39. The standard InChI is InChI=1S/C23H22Cl2N6O4S.C2HF3O2/c24-16-4-2-5-17(20(16)25)36(33,34)15-7-10-23(11-8-15,21-30-31-22(32)35-21)13-14-3-1-6-18(27-14)28-19-9-12-26-29-19;3-2(4,5)1(6)7/h1-6,9,12,15H,7-8,10-11,13H2,(H,31,32)(H2,26,27,28,29);(H,6,7). The van der Waals surface area contributed by atoms with Crippen LogP contribution >= 0.6 is 23.2 Å². The molecule has 5 rings (SSSR count). The van der Waals surface area contributed by atoms with Gasteiger partial charge >= 0.3 is 17.9 Å². The highest BCUT2D eigenvalue weighted by Gasteiger charge is 2.45. The second-order valence-corrected chi connectivity index (χ2v) is 12.6. The van der Waals surface area contributed by atoms with Gasteiger partial charge in [-0.25, -0.2) is 28.1 Å². The lowest BCUT2D eigenvalue weighted by molar-refractivity contribution is -0.192. The van der Waals surface area contributed by atoms with Crippen molar-refractivity contribution in [3.05, 3.63) is 80.8 Å². The zero-order chi connectivity index (χ0) is 31.4. The molecule has 4 N–H and O–H groups in total. The monoisotopic (exact) mass is 662 g/mol. The van der Waals surface area contributed by atoms with E-state index in [-0.39, 0.29) is 20.8 Å². The number of benzene rings is 1. The van der Waals surface area contributed by atoms with Gasteiger partial charge in [-0.3, -0.25) is 5.10 Å². The molecule has 0 unspecified atom stereocenters. The zero-order valence-corrected chi connectivity index (χ0v) is 24.2. The number of aromatic amines is 2. The van der Waals surface area contributed by atoms with Gasteiger partial charge in [0.05, 0.1) is 31.8 Å². The van der Waals surface area contributed by atoms with Crippen LogP contribution in [0.3, 0.4) is 0 Å². The summed E-state index contributed by atoms with van der Waals surface area (Å²) >= 11 is 12.3. The number of hydrogen-bond acceptors (Lipinski definition) is 9. The predicted octanol–water partition coefficient (Wildman–Crippen LogP) is 5.06. The van der Waals surface area contributed by atoms with E-state index in [1.54, 1.807) is 24.4 Å². The molecule has 18 heteroatoms. The fourth-order valence-electron chi connectivity index (χ4n) is 4.72. The molecule has 1 aliphatic carbocycles. The van der Waals surface area contributed by atoms with E-state index in [4.69, 9.17) is 37.5 Å². The summed E-state index contributed by atoms with van der Waals surface area (Å²) in [6.45, 7) is 0. The third-order valence-corrected chi connectivity index (χ3v) is 10.0. The van der Waals surface area contributed by atoms with Crippen molar-refractivity contribution >= 4 is 50.6 Å². The Morgan fingerprint density at radius 2 is 1.79 bits per heavy atom. The molecule has 0 radical (unpaired) electrons. The summed E-state index contributed by atoms with van der Waals surface area (Å²) in [5, 5.41) is 23.0. The Labute approximate surface area is 251 Å². The van der Waals surface area contributed by atoms with E-state index in [0.29, 0.717) is 43.7 Å². The van der Waals surface area contributed by atoms with Crippen molar-refractivity contribution in [2.45, 2.75) is 53.8 Å². The number of nitrogens with zero attached hydrogens (tertiary/aromatic N) is 3. The minimum absolute atomic E-state index is 0.0275. The van der Waals surface area contributed by atoms with E-state index in [1.807, 2.05) is 18.2 Å². The Hall–Kier alpha value is -3.89. The first kappa shape index (κ1) is 32.0. The molecule has 1 fully saturated rings. The summed E-state index contributed by atoms with van der Waals surface area (Å²) in [4.78, 5) is 25.4. The molecule has 0 spiro atoms. The number of H-pyrrole nitrogens is 2. The van der Waals surface area contributed by atoms with Crippen LogP contribution in [0.25, 0.3) is 0 Å². The van der Waals surface area contributed by atoms with Gasteiger partial charge in [-0.2, -0.15) is 18.3 Å². The van der Waals surface area contributed by atoms with Crippen molar-refractivity contribution in [1.29, 1.82) is 0 Å². The van der Waals surface area contributed by atoms with Crippen LogP contribution in [0.5, 0.6) is 0 Å². The lowest BCUT2D eigenvalue weighted by atomic mass is 9.70. The van der Waals surface area contributed by atoms with Crippen molar-refractivity contribution in [3.8, 4) is 0 Å². The molecular formula is C25H23Cl2F3N6O6S. The van der Waals surface area contributed by atoms with Crippen molar-refractivity contribution in [3.63, 3.8) is 0 Å². The van der Waals surface area contributed by atoms with E-state index in [0.717, 1.165) is 5.69 Å². The van der Waals surface area contributed by atoms with Gasteiger partial charge in [0, 0.05) is 18.2 Å². The van der Waals surface area contributed by atoms with Crippen LogP contribution < -0.4 is 11.1 Å². The van der Waals surface area contributed by atoms with E-state index in [1.165, 1.54) is 6.07 Å². The van der Waals surface area contributed by atoms with Crippen molar-refractivity contribution in [1.82, 2.24) is 25.4 Å². The van der Waals surface area contributed by atoms with Crippen LogP contribution in [0.1, 0.15) is 37.3 Å². The Bertz CT molecular complexity index is 1740. The number of hydrogen-bond donors (Lipinski definition) is 4. The van der Waals surface area contributed by atoms with E-state index in [9.17, 15) is 26.4 Å². The Morgan fingerprint density at radius 1 is 1.12 bits per heavy atom. The number of carboxylic acid groups (broad SMARTS) is 1. The Balaban J connectivity index is 0.000000541. The topological polar surface area (TPSA) is 184 Å². The third kappa shape index (κ3) is 7.55. The number of carbonyl (C=O) groups is 1. The fourth-order valence-corrected chi connectivity index (χ4v) is 7.24. The van der Waals surface area contributed by atoms with Crippen molar-refractivity contribution in [2.75, 3.05) is 5.32 Å². The molecule has 12 nitrogen and oxygen atoms in total. The maximum Gasteiger partial charge on any atom is 0.490 e. The van der Waals surface area contributed by atoms with Gasteiger partial charge in [0.2, 0.25) is 5.89 Å². The predicted molar refractivity (Wildman–Crippen MR) is 148 cm³/mol. The highest BCUT2D eigenvalue weighted by Crippen LogP contribution is 2.44. The Morgan fingerprint density at radius 3 is 2.37 bits per heavy atom. The first-order chi connectivity index (χ1) is 20.2. The van der Waals surface area contributed by atoms with Gasteiger partial charge in [-0.15, -0.1) is 5.10 Å². The summed E-state index contributed by atoms with van der Waals surface area (Å²) in [6, 6.07) is 11.9. The summed E-state index contributed by atoms with van der Waals surface area (Å²) in [7, 11) is -3.72. The summed E-state index contributed by atoms with van der Waals surface area (Å²) in [5.41, 5.74) is 0.0347. The van der Waals surface area contributed by atoms with Crippen molar-refractivity contribution < 1.29 is 35.9 Å². The Kier molecular flexibility index (Phi) is 9.51. The molecular weight excluding hydrogens is 640 g/mol. The summed E-state index contributed by atoms with van der Waals surface area (Å²) in [5.74, 6) is -1.86. The molecule has 0 saturated heterocycles. The number of anilines is 2. The molecule has 230 valence electrons. The molecule has 1 aliphatic rings. The van der Waals surface area contributed by atoms with Gasteiger partial charge in [-0.05, 0) is 49.9 Å². The van der Waals surface area contributed by atoms with Crippen LogP contribution in [0.15, 0.2) is 62.8 Å². The van der Waals surface area contributed by atoms with Crippen molar-refractivity contribution in [2.24, 2.45) is 0 Å². The number of pyridine rings is 1. The fraction of sp³-hybridized carbons (Fsp3) is 0.320. The van der Waals surface area contributed by atoms with Gasteiger partial charge in [0.1, 0.15) is 11.6 Å². The maximum atomic E-state index is 13.4. The quantitative estimate of drug-likeness (QED) is 0.208. The van der Waals surface area contributed by atoms with Crippen LogP contribution in [-0.2, 0) is 26.5 Å². The molecule has 4 aromatic rings. The van der Waals surface area contributed by atoms with E-state index in [2.05, 4.69) is 30.7 Å². The zero-order valence-electron chi connectivity index (χ0n) is 21.9. The van der Waals surface area contributed by atoms with Crippen LogP contribution in [0.2, 0.25) is 10.0 Å². The summed E-state index contributed by atoms with van der Waals surface area (Å²) < 4.78 is 63.9. The number of nitrogens with one attached hydrogen (secondary N) is 3. The minimum atomic E-state index is -5.08. The normalized spacial score (nSPS) is 18.9. The molecule has 0 bridgehead atoms. The largest absolute Gasteiger partial charge is 0.490 e. The van der Waals surface area contributed by atoms with Crippen LogP contribution in [0, 0.1) is 0 Å². The first-order valence-corrected chi connectivity index (χ1v) is 14.8. The lowest BCUT2D eigenvalue weighted by Gasteiger charge is -2.37. The number of halogens is 5. The SMILES string of the molecule is O=C(O)C(F)(F)F.O=c1[nH]nc(C2(Cc3cccc(Nc4ccn[nH]4)n3)CCC(S(=O)(=O)c3cccc(Cl)c3Cl)CC2)o1. The third-order valence-electron chi connectivity index (χ3n) is 6.78. The molecule has 0 amide bonds. The molecule has 1 saturated carbocycles.